The van der Waals surface area contributed by atoms with E-state index in [1.807, 2.05) is 0 Å². The number of rotatable bonds is 2. The fraction of sp³-hybridized carbons (Fsp3) is 0.357. The van der Waals surface area contributed by atoms with Crippen LogP contribution in [0.5, 0.6) is 0 Å². The Morgan fingerprint density at radius 3 is 3.11 bits per heavy atom. The lowest BCUT2D eigenvalue weighted by atomic mass is 10.1. The van der Waals surface area contributed by atoms with Gasteiger partial charge in [-0.2, -0.15) is 0 Å². The van der Waals surface area contributed by atoms with Gasteiger partial charge >= 0.3 is 0 Å². The second-order valence-corrected chi connectivity index (χ2v) is 4.19. The first kappa shape index (κ1) is 13.5. The van der Waals surface area contributed by atoms with Crippen molar-refractivity contribution < 1.29 is 13.9 Å². The molecule has 3 N–H and O–H groups in total. The van der Waals surface area contributed by atoms with Crippen LogP contribution in [0.25, 0.3) is 0 Å². The Labute approximate surface area is 111 Å². The third-order valence-corrected chi connectivity index (χ3v) is 2.78. The van der Waals surface area contributed by atoms with E-state index in [0.717, 1.165) is 6.42 Å². The number of carbonyl (C=O) groups excluding carboxylic acids is 1. The Kier molecular flexibility index (Phi) is 4.50. The highest BCUT2D eigenvalue weighted by atomic mass is 19.1. The van der Waals surface area contributed by atoms with E-state index in [1.165, 1.54) is 18.2 Å². The van der Waals surface area contributed by atoms with Gasteiger partial charge in [0.2, 0.25) is 0 Å². The Hall–Kier alpha value is -1.90. The smallest absolute Gasteiger partial charge is 0.253 e. The van der Waals surface area contributed by atoms with Crippen molar-refractivity contribution in [3.05, 3.63) is 29.6 Å². The number of carbonyl (C=O) groups is 1. The van der Waals surface area contributed by atoms with E-state index in [1.54, 1.807) is 0 Å². The molecule has 0 aromatic heterocycles. The second-order valence-electron chi connectivity index (χ2n) is 4.19. The maximum atomic E-state index is 13.5. The normalized spacial score (nSPS) is 17.7. The Bertz CT molecular complexity index is 528. The van der Waals surface area contributed by atoms with Gasteiger partial charge in [0.15, 0.2) is 0 Å². The molecule has 1 unspecified atom stereocenters. The fourth-order valence-electron chi connectivity index (χ4n) is 1.85. The van der Waals surface area contributed by atoms with Crippen molar-refractivity contribution in [2.75, 3.05) is 18.5 Å². The van der Waals surface area contributed by atoms with Gasteiger partial charge in [0.25, 0.3) is 5.91 Å². The highest BCUT2D eigenvalue weighted by molar-refractivity contribution is 5.94. The van der Waals surface area contributed by atoms with E-state index < -0.39 is 11.9 Å². The highest BCUT2D eigenvalue weighted by Crippen LogP contribution is 2.17. The van der Waals surface area contributed by atoms with Crippen LogP contribution in [0.1, 0.15) is 18.4 Å². The molecule has 5 heteroatoms. The van der Waals surface area contributed by atoms with Gasteiger partial charge in [0.1, 0.15) is 11.9 Å². The summed E-state index contributed by atoms with van der Waals surface area (Å²) < 4.78 is 18.7. The van der Waals surface area contributed by atoms with E-state index >= 15 is 0 Å². The topological polar surface area (TPSA) is 64.3 Å². The molecular formula is C14H15FN2O2. The highest BCUT2D eigenvalue weighted by Gasteiger charge is 2.23. The molecule has 1 saturated heterocycles. The molecule has 1 heterocycles. The molecule has 0 aliphatic carbocycles. The molecule has 0 radical (unpaired) electrons. The first-order valence-corrected chi connectivity index (χ1v) is 6.11. The summed E-state index contributed by atoms with van der Waals surface area (Å²) in [5.74, 6) is 4.56. The van der Waals surface area contributed by atoms with Crippen LogP contribution in [0.2, 0.25) is 0 Å². The SMILES string of the molecule is NCC#Cc1cc(NC(=O)C2CCCO2)ccc1F. The van der Waals surface area contributed by atoms with Gasteiger partial charge in [-0.15, -0.1) is 0 Å². The molecule has 19 heavy (non-hydrogen) atoms. The van der Waals surface area contributed by atoms with Crippen molar-refractivity contribution in [2.24, 2.45) is 5.73 Å². The predicted octanol–water partition coefficient (Wildman–Crippen LogP) is 1.25. The lowest BCUT2D eigenvalue weighted by molar-refractivity contribution is -0.124. The number of benzene rings is 1. The largest absolute Gasteiger partial charge is 0.368 e. The quantitative estimate of drug-likeness (QED) is 0.788. The number of nitrogens with one attached hydrogen (secondary N) is 1. The number of nitrogens with two attached hydrogens (primary N) is 1. The molecule has 4 nitrogen and oxygen atoms in total. The first-order valence-electron chi connectivity index (χ1n) is 6.11. The number of amides is 1. The zero-order valence-corrected chi connectivity index (χ0v) is 10.4. The van der Waals surface area contributed by atoms with E-state index in [9.17, 15) is 9.18 Å². The maximum Gasteiger partial charge on any atom is 0.253 e. The van der Waals surface area contributed by atoms with Crippen LogP contribution in [0.15, 0.2) is 18.2 Å². The molecule has 0 spiro atoms. The number of hydrogen-bond acceptors (Lipinski definition) is 3. The zero-order valence-electron chi connectivity index (χ0n) is 10.4. The summed E-state index contributed by atoms with van der Waals surface area (Å²) in [5.41, 5.74) is 5.97. The molecule has 1 aliphatic heterocycles. The summed E-state index contributed by atoms with van der Waals surface area (Å²) in [6, 6.07) is 4.26. The maximum absolute atomic E-state index is 13.5. The van der Waals surface area contributed by atoms with Gasteiger partial charge in [0, 0.05) is 12.3 Å². The Morgan fingerprint density at radius 2 is 2.42 bits per heavy atom. The average molecular weight is 262 g/mol. The second kappa shape index (κ2) is 6.32. The Morgan fingerprint density at radius 1 is 1.58 bits per heavy atom. The molecule has 0 saturated carbocycles. The monoisotopic (exact) mass is 262 g/mol. The molecule has 1 fully saturated rings. The van der Waals surface area contributed by atoms with Crippen LogP contribution < -0.4 is 11.1 Å². The Balaban J connectivity index is 2.10. The van der Waals surface area contributed by atoms with Crippen molar-refractivity contribution in [1.29, 1.82) is 0 Å². The van der Waals surface area contributed by atoms with Crippen molar-refractivity contribution >= 4 is 11.6 Å². The van der Waals surface area contributed by atoms with Crippen molar-refractivity contribution in [3.63, 3.8) is 0 Å². The number of anilines is 1. The van der Waals surface area contributed by atoms with Crippen LogP contribution in [-0.4, -0.2) is 25.2 Å². The number of ether oxygens (including phenoxy) is 1. The number of hydrogen-bond donors (Lipinski definition) is 2. The third-order valence-electron chi connectivity index (χ3n) is 2.78. The lowest BCUT2D eigenvalue weighted by Gasteiger charge is -2.10. The summed E-state index contributed by atoms with van der Waals surface area (Å²) in [7, 11) is 0. The van der Waals surface area contributed by atoms with Crippen molar-refractivity contribution in [2.45, 2.75) is 18.9 Å². The molecule has 1 aromatic carbocycles. The van der Waals surface area contributed by atoms with Crippen LogP contribution in [-0.2, 0) is 9.53 Å². The molecule has 1 atom stereocenters. The van der Waals surface area contributed by atoms with E-state index in [4.69, 9.17) is 10.5 Å². The molecular weight excluding hydrogens is 247 g/mol. The van der Waals surface area contributed by atoms with Gasteiger partial charge in [-0.1, -0.05) is 11.8 Å². The summed E-state index contributed by atoms with van der Waals surface area (Å²) in [4.78, 5) is 11.8. The molecule has 1 aliphatic rings. The molecule has 1 amide bonds. The standard InChI is InChI=1S/C14H15FN2O2/c15-12-6-5-11(9-10(12)3-1-7-16)17-14(18)13-4-2-8-19-13/h5-6,9,13H,2,4,7-8,16H2,(H,17,18). The van der Waals surface area contributed by atoms with Crippen LogP contribution in [0.4, 0.5) is 10.1 Å². The van der Waals surface area contributed by atoms with Gasteiger partial charge < -0.3 is 15.8 Å². The molecule has 2 rings (SSSR count). The molecule has 100 valence electrons. The van der Waals surface area contributed by atoms with Crippen LogP contribution in [0, 0.1) is 17.7 Å². The van der Waals surface area contributed by atoms with Gasteiger partial charge in [-0.05, 0) is 31.0 Å². The van der Waals surface area contributed by atoms with Gasteiger partial charge in [-0.25, -0.2) is 4.39 Å². The van der Waals surface area contributed by atoms with Crippen LogP contribution in [0.3, 0.4) is 0 Å². The van der Waals surface area contributed by atoms with Crippen molar-refractivity contribution in [3.8, 4) is 11.8 Å². The minimum Gasteiger partial charge on any atom is -0.368 e. The summed E-state index contributed by atoms with van der Waals surface area (Å²) in [5, 5.41) is 2.70. The molecule has 1 aromatic rings. The van der Waals surface area contributed by atoms with E-state index in [0.29, 0.717) is 18.7 Å². The van der Waals surface area contributed by atoms with Crippen LogP contribution >= 0.6 is 0 Å². The van der Waals surface area contributed by atoms with E-state index in [-0.39, 0.29) is 18.0 Å². The zero-order chi connectivity index (χ0) is 13.7. The minimum absolute atomic E-state index is 0.159. The summed E-state index contributed by atoms with van der Waals surface area (Å²) in [6.07, 6.45) is 1.19. The van der Waals surface area contributed by atoms with Gasteiger partial charge in [-0.3, -0.25) is 4.79 Å². The average Bonchev–Trinajstić information content (AvgIpc) is 2.93. The third kappa shape index (κ3) is 3.53. The molecule has 0 bridgehead atoms. The first-order chi connectivity index (χ1) is 9.20. The van der Waals surface area contributed by atoms with Gasteiger partial charge in [0.05, 0.1) is 12.1 Å². The van der Waals surface area contributed by atoms with Crippen molar-refractivity contribution in [1.82, 2.24) is 0 Å². The predicted molar refractivity (Wildman–Crippen MR) is 69.9 cm³/mol. The summed E-state index contributed by atoms with van der Waals surface area (Å²) >= 11 is 0. The minimum atomic E-state index is -0.434. The fourth-order valence-corrected chi connectivity index (χ4v) is 1.85. The lowest BCUT2D eigenvalue weighted by Crippen LogP contribution is -2.26. The number of halogens is 1. The summed E-state index contributed by atoms with van der Waals surface area (Å²) in [6.45, 7) is 0.765. The van der Waals surface area contributed by atoms with E-state index in [2.05, 4.69) is 17.2 Å².